The van der Waals surface area contributed by atoms with Gasteiger partial charge in [0.1, 0.15) is 0 Å². The molecule has 1 aromatic heterocycles. The van der Waals surface area contributed by atoms with Crippen molar-refractivity contribution in [2.45, 2.75) is 25.4 Å². The molecule has 0 spiro atoms. The average molecular weight is 193 g/mol. The number of hydrogen-bond donors (Lipinski definition) is 0. The molecule has 0 amide bonds. The molecule has 1 rings (SSSR count). The molecular formula is C9H11N3S. The molecule has 0 atom stereocenters. The Bertz CT molecular complexity index is 330. The van der Waals surface area contributed by atoms with Crippen LogP contribution in [0.25, 0.3) is 0 Å². The minimum Gasteiger partial charge on any atom is -0.225 e. The van der Waals surface area contributed by atoms with Gasteiger partial charge in [-0.15, -0.1) is 17.4 Å². The lowest BCUT2D eigenvalue weighted by atomic mass is 10.4. The van der Waals surface area contributed by atoms with E-state index in [1.807, 2.05) is 13.8 Å². The number of thioether (sulfide) groups is 1. The summed E-state index contributed by atoms with van der Waals surface area (Å²) >= 11 is 1.54. The van der Waals surface area contributed by atoms with E-state index in [1.54, 1.807) is 11.8 Å². The topological polar surface area (TPSA) is 38.7 Å². The summed E-state index contributed by atoms with van der Waals surface area (Å²) in [5.41, 5.74) is 1.81. The number of aryl methyl sites for hydroxylation is 2. The molecule has 0 aliphatic heterocycles. The Balaban J connectivity index is 2.59. The van der Waals surface area contributed by atoms with Crippen molar-refractivity contribution in [3.63, 3.8) is 0 Å². The summed E-state index contributed by atoms with van der Waals surface area (Å²) in [4.78, 5) is 4.27. The van der Waals surface area contributed by atoms with E-state index in [2.05, 4.69) is 21.1 Å². The number of hydrogen-bond acceptors (Lipinski definition) is 4. The Hall–Kier alpha value is -1.08. The van der Waals surface area contributed by atoms with Crippen LogP contribution in [-0.4, -0.2) is 20.9 Å². The molecule has 0 fully saturated rings. The highest BCUT2D eigenvalue weighted by Gasteiger charge is 2.00. The van der Waals surface area contributed by atoms with Gasteiger partial charge >= 0.3 is 0 Å². The predicted molar refractivity (Wildman–Crippen MR) is 53.5 cm³/mol. The predicted octanol–water partition coefficient (Wildman–Crippen LogP) is 1.60. The Labute approximate surface area is 82.4 Å². The van der Waals surface area contributed by atoms with Crippen LogP contribution in [-0.2, 0) is 0 Å². The van der Waals surface area contributed by atoms with Crippen molar-refractivity contribution in [1.82, 2.24) is 15.2 Å². The lowest BCUT2D eigenvalue weighted by molar-refractivity contribution is 0.789. The summed E-state index contributed by atoms with van der Waals surface area (Å²) in [7, 11) is 0. The van der Waals surface area contributed by atoms with Gasteiger partial charge in [0.25, 0.3) is 0 Å². The molecule has 0 saturated carbocycles. The highest BCUT2D eigenvalue weighted by molar-refractivity contribution is 7.99. The van der Waals surface area contributed by atoms with E-state index in [4.69, 9.17) is 6.42 Å². The third kappa shape index (κ3) is 3.03. The molecule has 1 aromatic rings. The Morgan fingerprint density at radius 2 is 2.08 bits per heavy atom. The zero-order valence-electron chi connectivity index (χ0n) is 7.74. The van der Waals surface area contributed by atoms with Gasteiger partial charge in [0.2, 0.25) is 5.16 Å². The maximum absolute atomic E-state index is 5.13. The molecule has 3 nitrogen and oxygen atoms in total. The van der Waals surface area contributed by atoms with Crippen LogP contribution in [0.5, 0.6) is 0 Å². The van der Waals surface area contributed by atoms with Crippen LogP contribution < -0.4 is 0 Å². The van der Waals surface area contributed by atoms with Crippen molar-refractivity contribution < 1.29 is 0 Å². The Morgan fingerprint density at radius 1 is 1.31 bits per heavy atom. The minimum absolute atomic E-state index is 0.707. The van der Waals surface area contributed by atoms with Crippen molar-refractivity contribution in [2.75, 3.05) is 5.75 Å². The van der Waals surface area contributed by atoms with Gasteiger partial charge in [0, 0.05) is 12.2 Å². The SMILES string of the molecule is C#CCCSc1nnc(C)c(C)n1. The Kier molecular flexibility index (Phi) is 3.71. The number of nitrogens with zero attached hydrogens (tertiary/aromatic N) is 3. The second kappa shape index (κ2) is 4.83. The molecule has 4 heteroatoms. The fraction of sp³-hybridized carbons (Fsp3) is 0.444. The van der Waals surface area contributed by atoms with Gasteiger partial charge in [0.15, 0.2) is 0 Å². The van der Waals surface area contributed by atoms with Gasteiger partial charge in [-0.1, -0.05) is 11.8 Å². The molecule has 0 aliphatic carbocycles. The fourth-order valence-electron chi connectivity index (χ4n) is 0.699. The van der Waals surface area contributed by atoms with E-state index < -0.39 is 0 Å². The second-order valence-electron chi connectivity index (χ2n) is 2.57. The molecule has 0 aromatic carbocycles. The summed E-state index contributed by atoms with van der Waals surface area (Å²) in [6.07, 6.45) is 5.86. The summed E-state index contributed by atoms with van der Waals surface area (Å²) in [6.45, 7) is 3.82. The number of aromatic nitrogens is 3. The summed E-state index contributed by atoms with van der Waals surface area (Å²) < 4.78 is 0. The van der Waals surface area contributed by atoms with Crippen molar-refractivity contribution in [3.05, 3.63) is 11.4 Å². The lowest BCUT2D eigenvalue weighted by Gasteiger charge is -1.99. The van der Waals surface area contributed by atoms with Crippen LogP contribution in [0.1, 0.15) is 17.8 Å². The molecule has 68 valence electrons. The zero-order chi connectivity index (χ0) is 9.68. The zero-order valence-corrected chi connectivity index (χ0v) is 8.56. The van der Waals surface area contributed by atoms with E-state index in [0.29, 0.717) is 5.16 Å². The maximum atomic E-state index is 5.13. The summed E-state index contributed by atoms with van der Waals surface area (Å²) in [6, 6.07) is 0. The van der Waals surface area contributed by atoms with E-state index in [1.165, 1.54) is 0 Å². The van der Waals surface area contributed by atoms with Crippen LogP contribution in [0.3, 0.4) is 0 Å². The standard InChI is InChI=1S/C9H11N3S/c1-4-5-6-13-9-10-7(2)8(3)11-12-9/h1H,5-6H2,2-3H3. The molecule has 0 N–H and O–H groups in total. The average Bonchev–Trinajstić information content (AvgIpc) is 2.12. The molecule has 0 aliphatic rings. The first kappa shape index (κ1) is 10.0. The van der Waals surface area contributed by atoms with E-state index in [-0.39, 0.29) is 0 Å². The summed E-state index contributed by atoms with van der Waals surface area (Å²) in [5.74, 6) is 3.42. The van der Waals surface area contributed by atoms with Crippen LogP contribution in [0, 0.1) is 26.2 Å². The highest BCUT2D eigenvalue weighted by atomic mass is 32.2. The van der Waals surface area contributed by atoms with Crippen molar-refractivity contribution >= 4 is 11.8 Å². The van der Waals surface area contributed by atoms with Crippen molar-refractivity contribution in [3.8, 4) is 12.3 Å². The third-order valence-corrected chi connectivity index (χ3v) is 2.39. The van der Waals surface area contributed by atoms with Gasteiger partial charge in [-0.3, -0.25) is 0 Å². The molecule has 0 bridgehead atoms. The van der Waals surface area contributed by atoms with Crippen LogP contribution >= 0.6 is 11.8 Å². The van der Waals surface area contributed by atoms with E-state index in [9.17, 15) is 0 Å². The van der Waals surface area contributed by atoms with E-state index >= 15 is 0 Å². The highest BCUT2D eigenvalue weighted by Crippen LogP contribution is 2.13. The fourth-order valence-corrected chi connectivity index (χ4v) is 1.40. The molecule has 0 unspecified atom stereocenters. The molecule has 13 heavy (non-hydrogen) atoms. The van der Waals surface area contributed by atoms with Gasteiger partial charge in [-0.25, -0.2) is 4.98 Å². The molecule has 0 radical (unpaired) electrons. The monoisotopic (exact) mass is 193 g/mol. The molecule has 0 saturated heterocycles. The normalized spacial score (nSPS) is 9.62. The van der Waals surface area contributed by atoms with E-state index in [0.717, 1.165) is 23.6 Å². The number of rotatable bonds is 3. The van der Waals surface area contributed by atoms with Gasteiger partial charge in [-0.05, 0) is 13.8 Å². The summed E-state index contributed by atoms with van der Waals surface area (Å²) in [5, 5.41) is 8.62. The first-order chi connectivity index (χ1) is 6.24. The van der Waals surface area contributed by atoms with Gasteiger partial charge in [-0.2, -0.15) is 5.10 Å². The molecular weight excluding hydrogens is 182 g/mol. The van der Waals surface area contributed by atoms with Crippen LogP contribution in [0.15, 0.2) is 5.16 Å². The van der Waals surface area contributed by atoms with Crippen LogP contribution in [0.4, 0.5) is 0 Å². The maximum Gasteiger partial charge on any atom is 0.209 e. The lowest BCUT2D eigenvalue weighted by Crippen LogP contribution is -1.97. The quantitative estimate of drug-likeness (QED) is 0.415. The first-order valence-corrected chi connectivity index (χ1v) is 4.97. The van der Waals surface area contributed by atoms with Gasteiger partial charge < -0.3 is 0 Å². The van der Waals surface area contributed by atoms with Crippen molar-refractivity contribution in [1.29, 1.82) is 0 Å². The largest absolute Gasteiger partial charge is 0.225 e. The first-order valence-electron chi connectivity index (χ1n) is 3.98. The molecule has 1 heterocycles. The minimum atomic E-state index is 0.707. The smallest absolute Gasteiger partial charge is 0.209 e. The Morgan fingerprint density at radius 3 is 2.69 bits per heavy atom. The number of terminal acetylenes is 1. The van der Waals surface area contributed by atoms with Gasteiger partial charge in [0.05, 0.1) is 11.4 Å². The second-order valence-corrected chi connectivity index (χ2v) is 3.63. The van der Waals surface area contributed by atoms with Crippen molar-refractivity contribution in [2.24, 2.45) is 0 Å². The third-order valence-electron chi connectivity index (χ3n) is 1.55. The van der Waals surface area contributed by atoms with Crippen LogP contribution in [0.2, 0.25) is 0 Å².